The first-order valence-electron chi connectivity index (χ1n) is 7.08. The smallest absolute Gasteiger partial charge is 0.324 e. The first-order chi connectivity index (χ1) is 11.4. The minimum atomic E-state index is -3.76. The van der Waals surface area contributed by atoms with Crippen molar-refractivity contribution in [3.8, 4) is 11.1 Å². The average Bonchev–Trinajstić information content (AvgIpc) is 3.04. The molecule has 0 spiro atoms. The van der Waals surface area contributed by atoms with Crippen LogP contribution in [0, 0.1) is 0 Å². The predicted molar refractivity (Wildman–Crippen MR) is 86.8 cm³/mol. The Hall–Kier alpha value is -2.30. The normalized spacial score (nSPS) is 20.9. The molecule has 0 aromatic heterocycles. The molecule has 1 aliphatic heterocycles. The molecule has 0 amide bonds. The van der Waals surface area contributed by atoms with E-state index in [0.717, 1.165) is 11.1 Å². The van der Waals surface area contributed by atoms with E-state index >= 15 is 0 Å². The van der Waals surface area contributed by atoms with Gasteiger partial charge in [0.15, 0.2) is 0 Å². The lowest BCUT2D eigenvalue weighted by Gasteiger charge is -2.15. The van der Waals surface area contributed by atoms with Crippen LogP contribution in [0.5, 0.6) is 0 Å². The van der Waals surface area contributed by atoms with Crippen molar-refractivity contribution in [2.24, 2.45) is 5.14 Å². The molecule has 8 nitrogen and oxygen atoms in total. The van der Waals surface area contributed by atoms with Crippen molar-refractivity contribution in [3.63, 3.8) is 0 Å². The van der Waals surface area contributed by atoms with Gasteiger partial charge < -0.3 is 5.11 Å². The van der Waals surface area contributed by atoms with Gasteiger partial charge in [-0.25, -0.2) is 24.4 Å². The summed E-state index contributed by atoms with van der Waals surface area (Å²) in [6, 6.07) is 12.3. The highest BCUT2D eigenvalue weighted by molar-refractivity contribution is 7.89. The molecule has 2 unspecified atom stereocenters. The zero-order chi connectivity index (χ0) is 17.3. The van der Waals surface area contributed by atoms with E-state index in [1.165, 1.54) is 12.1 Å². The lowest BCUT2D eigenvalue weighted by Crippen LogP contribution is -2.38. The summed E-state index contributed by atoms with van der Waals surface area (Å²) in [6.45, 7) is 0. The summed E-state index contributed by atoms with van der Waals surface area (Å²) in [5, 5.41) is 14.3. The Balaban J connectivity index is 1.89. The molecule has 9 heteroatoms. The molecule has 0 aliphatic carbocycles. The highest BCUT2D eigenvalue weighted by Crippen LogP contribution is 2.25. The molecule has 2 aromatic carbocycles. The highest BCUT2D eigenvalue weighted by atomic mass is 32.2. The van der Waals surface area contributed by atoms with Gasteiger partial charge in [0.25, 0.3) is 0 Å². The second-order valence-corrected chi connectivity index (χ2v) is 6.96. The lowest BCUT2D eigenvalue weighted by molar-refractivity contribution is -0.139. The minimum absolute atomic E-state index is 0.0425. The van der Waals surface area contributed by atoms with Crippen LogP contribution < -0.4 is 21.5 Å². The van der Waals surface area contributed by atoms with Gasteiger partial charge in [-0.3, -0.25) is 4.79 Å². The molecule has 24 heavy (non-hydrogen) atoms. The third-order valence-electron chi connectivity index (χ3n) is 3.82. The summed E-state index contributed by atoms with van der Waals surface area (Å²) in [5.41, 5.74) is 10.4. The Bertz CT molecular complexity index is 867. The van der Waals surface area contributed by atoms with Crippen molar-refractivity contribution in [1.82, 2.24) is 16.4 Å². The number of nitrogens with two attached hydrogens (primary N) is 1. The zero-order valence-corrected chi connectivity index (χ0v) is 13.2. The minimum Gasteiger partial charge on any atom is -0.480 e. The van der Waals surface area contributed by atoms with E-state index in [0.29, 0.717) is 5.56 Å². The SMILES string of the molecule is NS(=O)(=O)c1cccc(-c2ccc(C3NNNC3C(=O)O)cc2)c1. The van der Waals surface area contributed by atoms with Gasteiger partial charge in [-0.05, 0) is 28.8 Å². The maximum Gasteiger partial charge on any atom is 0.324 e. The molecule has 2 atom stereocenters. The Morgan fingerprint density at radius 1 is 1.04 bits per heavy atom. The van der Waals surface area contributed by atoms with Crippen LogP contribution in [0.15, 0.2) is 53.4 Å². The van der Waals surface area contributed by atoms with Crippen LogP contribution >= 0.6 is 0 Å². The maximum atomic E-state index is 11.4. The molecule has 3 rings (SSSR count). The quantitative estimate of drug-likeness (QED) is 0.529. The van der Waals surface area contributed by atoms with E-state index in [9.17, 15) is 18.3 Å². The molecule has 2 aromatic rings. The third kappa shape index (κ3) is 3.30. The summed E-state index contributed by atoms with van der Waals surface area (Å²) in [7, 11) is -3.76. The van der Waals surface area contributed by atoms with E-state index in [2.05, 4.69) is 16.4 Å². The van der Waals surface area contributed by atoms with Crippen LogP contribution in [0.3, 0.4) is 0 Å². The number of benzene rings is 2. The number of primary sulfonamides is 1. The summed E-state index contributed by atoms with van der Waals surface area (Å²) < 4.78 is 22.9. The fraction of sp³-hybridized carbons (Fsp3) is 0.133. The monoisotopic (exact) mass is 348 g/mol. The van der Waals surface area contributed by atoms with Gasteiger partial charge in [0.2, 0.25) is 10.0 Å². The van der Waals surface area contributed by atoms with E-state index in [-0.39, 0.29) is 4.90 Å². The van der Waals surface area contributed by atoms with Crippen LogP contribution in [-0.4, -0.2) is 25.5 Å². The summed E-state index contributed by atoms with van der Waals surface area (Å²) in [5.74, 6) is -0.970. The Morgan fingerprint density at radius 3 is 2.38 bits per heavy atom. The van der Waals surface area contributed by atoms with E-state index < -0.39 is 28.1 Å². The summed E-state index contributed by atoms with van der Waals surface area (Å²) in [4.78, 5) is 11.2. The molecule has 0 bridgehead atoms. The molecule has 0 radical (unpaired) electrons. The highest BCUT2D eigenvalue weighted by Gasteiger charge is 2.33. The Kier molecular flexibility index (Phi) is 4.35. The number of carboxylic acids is 1. The van der Waals surface area contributed by atoms with Crippen molar-refractivity contribution in [3.05, 3.63) is 54.1 Å². The largest absolute Gasteiger partial charge is 0.480 e. The molecule has 6 N–H and O–H groups in total. The number of rotatable bonds is 4. The molecular weight excluding hydrogens is 332 g/mol. The number of hydrogen-bond acceptors (Lipinski definition) is 6. The second kappa shape index (κ2) is 6.30. The number of carbonyl (C=O) groups is 1. The van der Waals surface area contributed by atoms with Crippen molar-refractivity contribution >= 4 is 16.0 Å². The Morgan fingerprint density at radius 2 is 1.75 bits per heavy atom. The van der Waals surface area contributed by atoms with Gasteiger partial charge in [0.1, 0.15) is 6.04 Å². The fourth-order valence-corrected chi connectivity index (χ4v) is 3.14. The average molecular weight is 348 g/mol. The lowest BCUT2D eigenvalue weighted by atomic mass is 9.97. The molecule has 1 saturated heterocycles. The number of carboxylic acid groups (broad SMARTS) is 1. The van der Waals surface area contributed by atoms with Gasteiger partial charge in [0, 0.05) is 0 Å². The van der Waals surface area contributed by atoms with Crippen LogP contribution in [0.1, 0.15) is 11.6 Å². The van der Waals surface area contributed by atoms with Crippen LogP contribution in [0.4, 0.5) is 0 Å². The molecule has 0 saturated carbocycles. The topological polar surface area (TPSA) is 134 Å². The number of nitrogens with one attached hydrogen (secondary N) is 3. The first-order valence-corrected chi connectivity index (χ1v) is 8.63. The number of sulfonamides is 1. The summed E-state index contributed by atoms with van der Waals surface area (Å²) in [6.07, 6.45) is 0. The first kappa shape index (κ1) is 16.6. The van der Waals surface area contributed by atoms with E-state index in [4.69, 9.17) is 5.14 Å². The van der Waals surface area contributed by atoms with Crippen LogP contribution in [0.2, 0.25) is 0 Å². The van der Waals surface area contributed by atoms with E-state index in [1.807, 2.05) is 0 Å². The van der Waals surface area contributed by atoms with Gasteiger partial charge in [-0.15, -0.1) is 0 Å². The molecule has 126 valence electrons. The second-order valence-electron chi connectivity index (χ2n) is 5.40. The van der Waals surface area contributed by atoms with E-state index in [1.54, 1.807) is 36.4 Å². The molecule has 1 aliphatic rings. The van der Waals surface area contributed by atoms with Crippen LogP contribution in [-0.2, 0) is 14.8 Å². The predicted octanol–water partition coefficient (Wildman–Crippen LogP) is 0.108. The number of hydrazine groups is 2. The van der Waals surface area contributed by atoms with Crippen molar-refractivity contribution in [2.75, 3.05) is 0 Å². The summed E-state index contributed by atoms with van der Waals surface area (Å²) >= 11 is 0. The standard InChI is InChI=1S/C15H16N4O4S/c16-24(22,23)12-3-1-2-11(8-12)9-4-6-10(7-5-9)13-14(15(20)21)18-19-17-13/h1-8,13-14,17-19H,(H,20,21)(H2,16,22,23). The molecule has 1 heterocycles. The van der Waals surface area contributed by atoms with Crippen molar-refractivity contribution in [1.29, 1.82) is 0 Å². The Labute approximate surface area is 138 Å². The van der Waals surface area contributed by atoms with Gasteiger partial charge in [-0.1, -0.05) is 36.4 Å². The molecular formula is C15H16N4O4S. The van der Waals surface area contributed by atoms with Gasteiger partial charge in [-0.2, -0.15) is 5.53 Å². The fourth-order valence-electron chi connectivity index (χ4n) is 2.58. The third-order valence-corrected chi connectivity index (χ3v) is 4.73. The van der Waals surface area contributed by atoms with Gasteiger partial charge >= 0.3 is 5.97 Å². The number of hydrogen-bond donors (Lipinski definition) is 5. The molecule has 1 fully saturated rings. The number of aliphatic carboxylic acids is 1. The maximum absolute atomic E-state index is 11.4. The van der Waals surface area contributed by atoms with Crippen molar-refractivity contribution in [2.45, 2.75) is 17.0 Å². The van der Waals surface area contributed by atoms with Crippen molar-refractivity contribution < 1.29 is 18.3 Å². The zero-order valence-electron chi connectivity index (χ0n) is 12.4. The van der Waals surface area contributed by atoms with Gasteiger partial charge in [0.05, 0.1) is 10.9 Å². The van der Waals surface area contributed by atoms with Crippen LogP contribution in [0.25, 0.3) is 11.1 Å².